The van der Waals surface area contributed by atoms with Crippen LogP contribution in [0.5, 0.6) is 0 Å². The van der Waals surface area contributed by atoms with Crippen molar-refractivity contribution in [2.45, 2.75) is 91.8 Å². The summed E-state index contributed by atoms with van der Waals surface area (Å²) in [5.41, 5.74) is 3.42. The molecule has 246 valence electrons. The largest absolute Gasteiger partial charge is 0.444 e. The lowest BCUT2D eigenvalue weighted by Crippen LogP contribution is -2.52. The molecule has 4 amide bonds. The Kier molecular flexibility index (Phi) is 20.4. The second-order valence-electron chi connectivity index (χ2n) is 11.6. The topological polar surface area (TPSA) is 162 Å². The molecule has 0 saturated heterocycles. The van der Waals surface area contributed by atoms with Crippen LogP contribution in [0.4, 0.5) is 14.4 Å². The number of alkyl carbamates (subject to hydrolysis) is 1. The van der Waals surface area contributed by atoms with Gasteiger partial charge in [-0.25, -0.2) is 14.4 Å². The van der Waals surface area contributed by atoms with Gasteiger partial charge in [0.25, 0.3) is 0 Å². The Labute approximate surface area is 259 Å². The number of hydrogen-bond acceptors (Lipinski definition) is 11. The van der Waals surface area contributed by atoms with E-state index in [2.05, 4.69) is 23.8 Å². The Morgan fingerprint density at radius 2 is 1.38 bits per heavy atom. The third kappa shape index (κ3) is 22.3. The second kappa shape index (κ2) is 20.5. The molecule has 0 aromatic heterocycles. The summed E-state index contributed by atoms with van der Waals surface area (Å²) in [4.78, 5) is 53.0. The highest BCUT2D eigenvalue weighted by molar-refractivity contribution is 8.76. The van der Waals surface area contributed by atoms with E-state index < -0.39 is 47.2 Å². The zero-order valence-corrected chi connectivity index (χ0v) is 28.6. The Balaban J connectivity index is 0. The van der Waals surface area contributed by atoms with Gasteiger partial charge in [-0.15, -0.1) is 13.2 Å². The number of carbonyl (C=O) groups excluding carboxylic acids is 4. The molecule has 1 unspecified atom stereocenters. The molecule has 0 aromatic carbocycles. The fourth-order valence-corrected chi connectivity index (χ4v) is 3.89. The molecule has 0 aromatic rings. The Hall–Kier alpha value is -2.36. The monoisotopic (exact) mass is 639 g/mol. The molecule has 13 nitrogen and oxygen atoms in total. The van der Waals surface area contributed by atoms with Crippen LogP contribution in [-0.4, -0.2) is 102 Å². The highest BCUT2D eigenvalue weighted by Crippen LogP contribution is 2.17. The number of hydrogen-bond donors (Lipinski definition) is 3. The van der Waals surface area contributed by atoms with Crippen molar-refractivity contribution in [3.63, 3.8) is 0 Å². The van der Waals surface area contributed by atoms with E-state index in [0.29, 0.717) is 12.3 Å². The van der Waals surface area contributed by atoms with Crippen LogP contribution in [-0.2, 0) is 23.7 Å². The molecule has 0 aliphatic carbocycles. The summed E-state index contributed by atoms with van der Waals surface area (Å²) in [5.74, 6) is 0.320. The van der Waals surface area contributed by atoms with Gasteiger partial charge in [0.15, 0.2) is 0 Å². The van der Waals surface area contributed by atoms with E-state index >= 15 is 0 Å². The summed E-state index contributed by atoms with van der Waals surface area (Å²) in [7, 11) is 3.19. The Morgan fingerprint density at radius 3 is 1.86 bits per heavy atom. The maximum absolute atomic E-state index is 13.2. The third-order valence-corrected chi connectivity index (χ3v) is 6.13. The first-order valence-corrected chi connectivity index (χ1v) is 16.2. The van der Waals surface area contributed by atoms with Gasteiger partial charge in [-0.1, -0.05) is 21.6 Å². The van der Waals surface area contributed by atoms with Crippen molar-refractivity contribution in [1.82, 2.24) is 20.4 Å². The molecule has 0 heterocycles. The molecule has 0 aliphatic heterocycles. The fraction of sp³-hybridized carbons (Fsp3) is 0.778. The van der Waals surface area contributed by atoms with Crippen LogP contribution in [0.2, 0.25) is 0 Å². The van der Waals surface area contributed by atoms with Crippen molar-refractivity contribution in [1.29, 1.82) is 0 Å². The summed E-state index contributed by atoms with van der Waals surface area (Å²) < 4.78 is 22.1. The first-order valence-electron chi connectivity index (χ1n) is 13.5. The Morgan fingerprint density at radius 1 is 0.857 bits per heavy atom. The minimum absolute atomic E-state index is 0.0216. The van der Waals surface area contributed by atoms with Gasteiger partial charge in [0, 0.05) is 25.3 Å². The predicted molar refractivity (Wildman–Crippen MR) is 169 cm³/mol. The maximum atomic E-state index is 13.2. The number of amides is 4. The molecule has 15 heteroatoms. The number of rotatable bonds is 14. The molecule has 0 bridgehead atoms. The number of carbonyl (C=O) groups is 4. The average Bonchev–Trinajstić information content (AvgIpc) is 2.83. The van der Waals surface area contributed by atoms with E-state index in [0.717, 1.165) is 4.90 Å². The predicted octanol–water partition coefficient (Wildman–Crippen LogP) is 4.52. The van der Waals surface area contributed by atoms with E-state index in [1.165, 1.54) is 4.90 Å². The second-order valence-corrected chi connectivity index (χ2v) is 14.3. The summed E-state index contributed by atoms with van der Waals surface area (Å²) in [6, 6.07) is 0. The van der Waals surface area contributed by atoms with E-state index in [-0.39, 0.29) is 32.9 Å². The van der Waals surface area contributed by atoms with Crippen LogP contribution in [0.1, 0.15) is 68.7 Å². The highest BCUT2D eigenvalue weighted by Gasteiger charge is 2.32. The van der Waals surface area contributed by atoms with E-state index in [1.54, 1.807) is 83.9 Å². The molecular weight excluding hydrogens is 586 g/mol. The van der Waals surface area contributed by atoms with Crippen molar-refractivity contribution in [3.05, 3.63) is 13.2 Å². The Bertz CT molecular complexity index is 829. The standard InChI is InChI=1S/C25H49N5O8S2.C2H4/c1-23(2,3)36-20(32)28-17-30(22(34)38-25(7,8)9)19(35-15-18(31)27-12-14-40-39-10)11-13-29(16-26)21(33)37-24(4,5)6;1-2/h19H,11-17,26H2,1-10H3,(H,27,31)(H,28,32);1-2H2. The molecule has 0 aliphatic rings. The van der Waals surface area contributed by atoms with Crippen molar-refractivity contribution in [3.8, 4) is 0 Å². The maximum Gasteiger partial charge on any atom is 0.413 e. The fourth-order valence-electron chi connectivity index (χ4n) is 2.79. The zero-order chi connectivity index (χ0) is 33.1. The minimum Gasteiger partial charge on any atom is -0.444 e. The highest BCUT2D eigenvalue weighted by atomic mass is 33.1. The molecule has 42 heavy (non-hydrogen) atoms. The van der Waals surface area contributed by atoms with Gasteiger partial charge in [0.2, 0.25) is 5.91 Å². The smallest absolute Gasteiger partial charge is 0.413 e. The first-order chi connectivity index (χ1) is 19.3. The summed E-state index contributed by atoms with van der Waals surface area (Å²) in [6.07, 6.45) is -1.33. The number of nitrogens with two attached hydrogens (primary N) is 1. The molecule has 0 spiro atoms. The third-order valence-electron chi connectivity index (χ3n) is 4.32. The van der Waals surface area contributed by atoms with Crippen LogP contribution in [0.3, 0.4) is 0 Å². The summed E-state index contributed by atoms with van der Waals surface area (Å²) >= 11 is 0. The van der Waals surface area contributed by atoms with Gasteiger partial charge in [-0.2, -0.15) is 0 Å². The number of nitrogens with one attached hydrogen (secondary N) is 2. The van der Waals surface area contributed by atoms with Crippen molar-refractivity contribution >= 4 is 45.8 Å². The zero-order valence-electron chi connectivity index (χ0n) is 27.0. The van der Waals surface area contributed by atoms with Crippen LogP contribution in [0.25, 0.3) is 0 Å². The van der Waals surface area contributed by atoms with Crippen molar-refractivity contribution < 1.29 is 38.1 Å². The van der Waals surface area contributed by atoms with Gasteiger partial charge in [-0.3, -0.25) is 14.6 Å². The lowest BCUT2D eigenvalue weighted by Gasteiger charge is -2.34. The van der Waals surface area contributed by atoms with Gasteiger partial charge in [0.05, 0.1) is 6.67 Å². The van der Waals surface area contributed by atoms with Gasteiger partial charge < -0.3 is 35.3 Å². The lowest BCUT2D eigenvalue weighted by atomic mass is 10.2. The molecule has 0 saturated carbocycles. The summed E-state index contributed by atoms with van der Waals surface area (Å²) in [5, 5.41) is 5.27. The normalized spacial score (nSPS) is 12.2. The average molecular weight is 640 g/mol. The minimum atomic E-state index is -1.09. The van der Waals surface area contributed by atoms with Crippen LogP contribution >= 0.6 is 21.6 Å². The van der Waals surface area contributed by atoms with Crippen LogP contribution in [0.15, 0.2) is 13.2 Å². The van der Waals surface area contributed by atoms with Gasteiger partial charge in [-0.05, 0) is 68.6 Å². The SMILES string of the molecule is C=C.CSSCCNC(=O)COC(CCN(CN)C(=O)OC(C)(C)C)N(CNC(=O)OC(C)(C)C)C(=O)OC(C)(C)C. The van der Waals surface area contributed by atoms with Crippen molar-refractivity contribution in [2.24, 2.45) is 5.73 Å². The van der Waals surface area contributed by atoms with Crippen molar-refractivity contribution in [2.75, 3.05) is 45.0 Å². The molecule has 1 atom stereocenters. The van der Waals surface area contributed by atoms with E-state index in [9.17, 15) is 19.2 Å². The number of nitrogens with zero attached hydrogens (tertiary/aromatic N) is 2. The van der Waals surface area contributed by atoms with E-state index in [4.69, 9.17) is 24.7 Å². The lowest BCUT2D eigenvalue weighted by molar-refractivity contribution is -0.134. The first kappa shape index (κ1) is 41.8. The quantitative estimate of drug-likeness (QED) is 0.0805. The molecule has 0 rings (SSSR count). The van der Waals surface area contributed by atoms with E-state index in [1.807, 2.05) is 6.26 Å². The number of ether oxygens (including phenoxy) is 4. The summed E-state index contributed by atoms with van der Waals surface area (Å²) in [6.45, 7) is 21.0. The van der Waals surface area contributed by atoms with Gasteiger partial charge >= 0.3 is 18.3 Å². The van der Waals surface area contributed by atoms with Gasteiger partial charge in [0.1, 0.15) is 36.3 Å². The molecule has 4 N–H and O–H groups in total. The molecular formula is C27H53N5O8S2. The van der Waals surface area contributed by atoms with Crippen LogP contribution < -0.4 is 16.4 Å². The molecule has 0 fully saturated rings. The van der Waals surface area contributed by atoms with Crippen LogP contribution in [0, 0.1) is 0 Å². The molecule has 0 radical (unpaired) electrons.